The summed E-state index contributed by atoms with van der Waals surface area (Å²) >= 11 is 7.51. The normalized spacial score (nSPS) is 17.2. The van der Waals surface area contributed by atoms with Crippen LogP contribution in [0, 0.1) is 0 Å². The molecule has 1 saturated heterocycles. The van der Waals surface area contributed by atoms with Crippen LogP contribution in [0.4, 0.5) is 5.13 Å². The summed E-state index contributed by atoms with van der Waals surface area (Å²) in [6.45, 7) is 0. The zero-order chi connectivity index (χ0) is 24.7. The second-order valence-electron chi connectivity index (χ2n) is 7.78. The highest BCUT2D eigenvalue weighted by molar-refractivity contribution is 7.22. The van der Waals surface area contributed by atoms with E-state index in [1.807, 2.05) is 6.07 Å². The summed E-state index contributed by atoms with van der Waals surface area (Å²) in [7, 11) is 3.10. The molecule has 0 unspecified atom stereocenters. The van der Waals surface area contributed by atoms with Crippen molar-refractivity contribution in [2.45, 2.75) is 6.04 Å². The molecule has 1 aliphatic heterocycles. The number of aliphatic hydroxyl groups excluding tert-OH is 1. The van der Waals surface area contributed by atoms with Gasteiger partial charge in [0.15, 0.2) is 5.13 Å². The molecule has 0 aliphatic carbocycles. The molecule has 5 rings (SSSR count). The molecule has 176 valence electrons. The van der Waals surface area contributed by atoms with Gasteiger partial charge in [-0.25, -0.2) is 4.98 Å². The molecule has 3 aromatic carbocycles. The fourth-order valence-electron chi connectivity index (χ4n) is 4.05. The number of aliphatic hydroxyl groups is 1. The molecule has 1 fully saturated rings. The summed E-state index contributed by atoms with van der Waals surface area (Å²) in [5, 5.41) is 12.0. The molecule has 0 radical (unpaired) electrons. The first kappa shape index (κ1) is 22.9. The van der Waals surface area contributed by atoms with Gasteiger partial charge < -0.3 is 14.6 Å². The molecular formula is C26H19ClN2O5S. The molecule has 0 spiro atoms. The highest BCUT2D eigenvalue weighted by Gasteiger charge is 2.48. The first-order valence-electron chi connectivity index (χ1n) is 10.6. The Bertz CT molecular complexity index is 1500. The number of rotatable bonds is 5. The minimum absolute atomic E-state index is 0.0423. The number of halogens is 1. The Kier molecular flexibility index (Phi) is 5.92. The average molecular weight is 507 g/mol. The highest BCUT2D eigenvalue weighted by Crippen LogP contribution is 2.45. The van der Waals surface area contributed by atoms with E-state index in [4.69, 9.17) is 21.1 Å². The summed E-state index contributed by atoms with van der Waals surface area (Å²) in [6.07, 6.45) is 0. The number of fused-ring (bicyclic) bond motifs is 1. The molecular weight excluding hydrogens is 488 g/mol. The van der Waals surface area contributed by atoms with Crippen LogP contribution in [-0.4, -0.2) is 36.0 Å². The summed E-state index contributed by atoms with van der Waals surface area (Å²) in [5.74, 6) is -0.628. The van der Waals surface area contributed by atoms with Gasteiger partial charge in [0.05, 0.1) is 36.1 Å². The number of nitrogens with zero attached hydrogens (tertiary/aromatic N) is 2. The van der Waals surface area contributed by atoms with Crippen molar-refractivity contribution in [1.29, 1.82) is 0 Å². The molecule has 4 aromatic rings. The third-order valence-electron chi connectivity index (χ3n) is 5.76. The SMILES string of the molecule is COc1ccc(/C(O)=C2\C(=O)C(=O)N(c3nc4ccc(OC)cc4s3)[C@@H]2c2cccc(Cl)c2)cc1. The van der Waals surface area contributed by atoms with Gasteiger partial charge in [-0.1, -0.05) is 35.1 Å². The monoisotopic (exact) mass is 506 g/mol. The van der Waals surface area contributed by atoms with Crippen molar-refractivity contribution >= 4 is 55.7 Å². The molecule has 35 heavy (non-hydrogen) atoms. The molecule has 1 atom stereocenters. The van der Waals surface area contributed by atoms with Gasteiger partial charge in [0.25, 0.3) is 5.78 Å². The van der Waals surface area contributed by atoms with Gasteiger partial charge in [0.1, 0.15) is 17.3 Å². The number of carbonyl (C=O) groups is 2. The smallest absolute Gasteiger partial charge is 0.301 e. The number of hydrogen-bond acceptors (Lipinski definition) is 7. The zero-order valence-electron chi connectivity index (χ0n) is 18.7. The summed E-state index contributed by atoms with van der Waals surface area (Å²) in [5.41, 5.74) is 1.57. The van der Waals surface area contributed by atoms with E-state index in [0.717, 1.165) is 4.70 Å². The Morgan fingerprint density at radius 1 is 1.00 bits per heavy atom. The van der Waals surface area contributed by atoms with Crippen LogP contribution in [0.3, 0.4) is 0 Å². The van der Waals surface area contributed by atoms with Crippen molar-refractivity contribution in [3.63, 3.8) is 0 Å². The Morgan fingerprint density at radius 2 is 1.71 bits per heavy atom. The van der Waals surface area contributed by atoms with Gasteiger partial charge in [0, 0.05) is 10.6 Å². The fraction of sp³-hybridized carbons (Fsp3) is 0.115. The number of amides is 1. The van der Waals surface area contributed by atoms with Crippen molar-refractivity contribution in [3.8, 4) is 11.5 Å². The Morgan fingerprint density at radius 3 is 2.40 bits per heavy atom. The Labute approximate surface area is 209 Å². The van der Waals surface area contributed by atoms with Gasteiger partial charge >= 0.3 is 5.91 Å². The summed E-state index contributed by atoms with van der Waals surface area (Å²) in [6, 6.07) is 17.9. The molecule has 1 amide bonds. The summed E-state index contributed by atoms with van der Waals surface area (Å²) in [4.78, 5) is 32.6. The maximum Gasteiger partial charge on any atom is 0.301 e. The predicted molar refractivity (Wildman–Crippen MR) is 135 cm³/mol. The lowest BCUT2D eigenvalue weighted by molar-refractivity contribution is -0.132. The second kappa shape index (κ2) is 9.05. The molecule has 1 N–H and O–H groups in total. The van der Waals surface area contributed by atoms with E-state index in [-0.39, 0.29) is 11.3 Å². The number of ketones is 1. The number of aromatic nitrogens is 1. The first-order chi connectivity index (χ1) is 16.9. The van der Waals surface area contributed by atoms with Crippen LogP contribution in [-0.2, 0) is 9.59 Å². The molecule has 1 aliphatic rings. The van der Waals surface area contributed by atoms with Crippen molar-refractivity contribution in [3.05, 3.63) is 88.5 Å². The van der Waals surface area contributed by atoms with E-state index in [0.29, 0.717) is 38.3 Å². The van der Waals surface area contributed by atoms with E-state index in [9.17, 15) is 14.7 Å². The van der Waals surface area contributed by atoms with Crippen LogP contribution < -0.4 is 14.4 Å². The van der Waals surface area contributed by atoms with Gasteiger partial charge in [-0.05, 0) is 60.2 Å². The zero-order valence-corrected chi connectivity index (χ0v) is 20.3. The van der Waals surface area contributed by atoms with Crippen LogP contribution >= 0.6 is 22.9 Å². The number of benzene rings is 3. The number of carbonyl (C=O) groups excluding carboxylic acids is 2. The van der Waals surface area contributed by atoms with Gasteiger partial charge in [-0.15, -0.1) is 0 Å². The van der Waals surface area contributed by atoms with Gasteiger partial charge in [-0.2, -0.15) is 0 Å². The van der Waals surface area contributed by atoms with E-state index < -0.39 is 17.7 Å². The number of thiazole rings is 1. The van der Waals surface area contributed by atoms with Crippen LogP contribution in [0.2, 0.25) is 5.02 Å². The third kappa shape index (κ3) is 4.00. The van der Waals surface area contributed by atoms with E-state index in [1.54, 1.807) is 67.8 Å². The predicted octanol–water partition coefficient (Wildman–Crippen LogP) is 5.59. The number of Topliss-reactive ketones (excluding diaryl/α,β-unsaturated/α-hetero) is 1. The molecule has 0 bridgehead atoms. The molecule has 9 heteroatoms. The molecule has 2 heterocycles. The second-order valence-corrected chi connectivity index (χ2v) is 9.23. The number of methoxy groups -OCH3 is 2. The molecule has 1 aromatic heterocycles. The van der Waals surface area contributed by atoms with Crippen molar-refractivity contribution in [2.24, 2.45) is 0 Å². The molecule has 7 nitrogen and oxygen atoms in total. The summed E-state index contributed by atoms with van der Waals surface area (Å²) < 4.78 is 11.3. The average Bonchev–Trinajstić information content (AvgIpc) is 3.41. The lowest BCUT2D eigenvalue weighted by atomic mass is 9.95. The first-order valence-corrected chi connectivity index (χ1v) is 11.8. The minimum atomic E-state index is -0.918. The minimum Gasteiger partial charge on any atom is -0.507 e. The largest absolute Gasteiger partial charge is 0.507 e. The van der Waals surface area contributed by atoms with Gasteiger partial charge in [0.2, 0.25) is 0 Å². The standard InChI is InChI=1S/C26H19ClN2O5S/c1-33-17-8-6-14(7-9-17)23(30)21-22(15-4-3-5-16(27)12-15)29(25(32)24(21)31)26-28-19-11-10-18(34-2)13-20(19)35-26/h3-13,22,30H,1-2H3/b23-21+/t22-/m1/s1. The van der Waals surface area contributed by atoms with Crippen LogP contribution in [0.5, 0.6) is 11.5 Å². The van der Waals surface area contributed by atoms with Gasteiger partial charge in [-0.3, -0.25) is 14.5 Å². The van der Waals surface area contributed by atoms with Crippen molar-refractivity contribution in [2.75, 3.05) is 19.1 Å². The van der Waals surface area contributed by atoms with Crippen molar-refractivity contribution in [1.82, 2.24) is 4.98 Å². The third-order valence-corrected chi connectivity index (χ3v) is 7.02. The highest BCUT2D eigenvalue weighted by atomic mass is 35.5. The molecule has 0 saturated carbocycles. The van der Waals surface area contributed by atoms with Crippen molar-refractivity contribution < 1.29 is 24.2 Å². The van der Waals surface area contributed by atoms with Crippen LogP contribution in [0.1, 0.15) is 17.2 Å². The topological polar surface area (TPSA) is 89.0 Å². The number of ether oxygens (including phenoxy) is 2. The Hall–Kier alpha value is -3.88. The fourth-order valence-corrected chi connectivity index (χ4v) is 5.27. The van der Waals surface area contributed by atoms with Crippen LogP contribution in [0.15, 0.2) is 72.3 Å². The number of hydrogen-bond donors (Lipinski definition) is 1. The maximum atomic E-state index is 13.3. The lowest BCUT2D eigenvalue weighted by Crippen LogP contribution is -2.29. The van der Waals surface area contributed by atoms with E-state index >= 15 is 0 Å². The Balaban J connectivity index is 1.70. The lowest BCUT2D eigenvalue weighted by Gasteiger charge is -2.23. The number of anilines is 1. The van der Waals surface area contributed by atoms with Crippen LogP contribution in [0.25, 0.3) is 16.0 Å². The quantitative estimate of drug-likeness (QED) is 0.215. The maximum absolute atomic E-state index is 13.3. The van der Waals surface area contributed by atoms with E-state index in [2.05, 4.69) is 4.98 Å². The van der Waals surface area contributed by atoms with E-state index in [1.165, 1.54) is 23.3 Å².